The molecule has 0 atom stereocenters. The van der Waals surface area contributed by atoms with E-state index >= 15 is 0 Å². The Hall–Kier alpha value is -1.69. The van der Waals surface area contributed by atoms with Gasteiger partial charge in [-0.1, -0.05) is 32.4 Å². The molecule has 0 aliphatic heterocycles. The van der Waals surface area contributed by atoms with Gasteiger partial charge in [-0.3, -0.25) is 5.10 Å². The summed E-state index contributed by atoms with van der Waals surface area (Å²) < 4.78 is 0. The van der Waals surface area contributed by atoms with Gasteiger partial charge >= 0.3 is 0 Å². The van der Waals surface area contributed by atoms with Gasteiger partial charge in [0.15, 0.2) is 0 Å². The summed E-state index contributed by atoms with van der Waals surface area (Å²) in [6, 6.07) is 0. The van der Waals surface area contributed by atoms with Crippen LogP contribution in [0.5, 0.6) is 0 Å². The third-order valence-corrected chi connectivity index (χ3v) is 3.01. The molecule has 7 heteroatoms. The second-order valence-corrected chi connectivity index (χ2v) is 5.71. The fourth-order valence-corrected chi connectivity index (χ4v) is 1.65. The molecule has 2 aromatic rings. The number of H-pyrrole nitrogens is 1. The maximum atomic E-state index is 6.16. The fourth-order valence-electron chi connectivity index (χ4n) is 1.48. The summed E-state index contributed by atoms with van der Waals surface area (Å²) in [6.45, 7) is 8.55. The van der Waals surface area contributed by atoms with Crippen molar-refractivity contribution in [2.45, 2.75) is 39.7 Å². The molecule has 19 heavy (non-hydrogen) atoms. The molecule has 2 heterocycles. The molecule has 6 nitrogen and oxygen atoms in total. The van der Waals surface area contributed by atoms with Crippen LogP contribution in [0, 0.1) is 6.92 Å². The van der Waals surface area contributed by atoms with E-state index in [1.165, 1.54) is 6.33 Å². The van der Waals surface area contributed by atoms with Gasteiger partial charge in [-0.25, -0.2) is 15.0 Å². The number of hydrogen-bond acceptors (Lipinski definition) is 5. The van der Waals surface area contributed by atoms with Gasteiger partial charge in [-0.05, 0) is 6.92 Å². The largest absolute Gasteiger partial charge is 0.362 e. The summed E-state index contributed by atoms with van der Waals surface area (Å²) in [4.78, 5) is 12.9. The molecule has 0 saturated heterocycles. The minimum atomic E-state index is -0.153. The second kappa shape index (κ2) is 5.13. The van der Waals surface area contributed by atoms with E-state index in [0.29, 0.717) is 17.5 Å². The van der Waals surface area contributed by atoms with Crippen LogP contribution in [0.3, 0.4) is 0 Å². The molecule has 2 N–H and O–H groups in total. The molecule has 0 spiro atoms. The Morgan fingerprint density at radius 1 is 1.32 bits per heavy atom. The summed E-state index contributed by atoms with van der Waals surface area (Å²) >= 11 is 6.16. The molecule has 2 aromatic heterocycles. The highest BCUT2D eigenvalue weighted by molar-refractivity contribution is 6.30. The molecule has 0 unspecified atom stereocenters. The van der Waals surface area contributed by atoms with Gasteiger partial charge in [0.1, 0.15) is 28.9 Å². The van der Waals surface area contributed by atoms with Crippen LogP contribution >= 0.6 is 11.6 Å². The summed E-state index contributed by atoms with van der Waals surface area (Å²) in [6.07, 6.45) is 1.47. The summed E-state index contributed by atoms with van der Waals surface area (Å²) in [7, 11) is 0. The third kappa shape index (κ3) is 3.20. The Morgan fingerprint density at radius 2 is 2.05 bits per heavy atom. The highest BCUT2D eigenvalue weighted by atomic mass is 35.5. The van der Waals surface area contributed by atoms with Crippen LogP contribution in [0.1, 0.15) is 38.0 Å². The Bertz CT molecular complexity index is 558. The molecule has 0 fully saturated rings. The standard InChI is InChI=1S/C12H17ClN6/c1-7-9(13)17-11(12(2,3)4)18-10(7)14-5-8-15-6-16-19-8/h6H,5H2,1-4H3,(H,14,17,18)(H,15,16,19). The zero-order valence-electron chi connectivity index (χ0n) is 11.5. The predicted molar refractivity (Wildman–Crippen MR) is 74.2 cm³/mol. The zero-order chi connectivity index (χ0) is 14.0. The van der Waals surface area contributed by atoms with Gasteiger partial charge in [-0.2, -0.15) is 5.10 Å². The molecule has 0 saturated carbocycles. The molecule has 0 aliphatic carbocycles. The predicted octanol–water partition coefficient (Wildman–Crippen LogP) is 2.47. The first-order valence-corrected chi connectivity index (χ1v) is 6.38. The summed E-state index contributed by atoms with van der Waals surface area (Å²) in [5, 5.41) is 10.3. The Labute approximate surface area is 117 Å². The van der Waals surface area contributed by atoms with Gasteiger partial charge in [0.05, 0.1) is 6.54 Å². The van der Waals surface area contributed by atoms with Crippen LogP contribution in [0.2, 0.25) is 5.15 Å². The Balaban J connectivity index is 2.26. The molecule has 0 aromatic carbocycles. The Kier molecular flexibility index (Phi) is 3.71. The molecule has 0 bridgehead atoms. The number of anilines is 1. The van der Waals surface area contributed by atoms with E-state index in [4.69, 9.17) is 11.6 Å². The Morgan fingerprint density at radius 3 is 2.63 bits per heavy atom. The van der Waals surface area contributed by atoms with E-state index < -0.39 is 0 Å². The number of nitrogens with one attached hydrogen (secondary N) is 2. The average molecular weight is 281 g/mol. The van der Waals surface area contributed by atoms with E-state index in [2.05, 4.69) is 30.5 Å². The van der Waals surface area contributed by atoms with Crippen molar-refractivity contribution in [2.75, 3.05) is 5.32 Å². The first kappa shape index (κ1) is 13.7. The summed E-state index contributed by atoms with van der Waals surface area (Å²) in [5.74, 6) is 2.18. The number of hydrogen-bond donors (Lipinski definition) is 2. The highest BCUT2D eigenvalue weighted by Crippen LogP contribution is 2.26. The van der Waals surface area contributed by atoms with E-state index in [1.807, 2.05) is 27.7 Å². The lowest BCUT2D eigenvalue weighted by Gasteiger charge is -2.19. The lowest BCUT2D eigenvalue weighted by atomic mass is 9.95. The van der Waals surface area contributed by atoms with Crippen molar-refractivity contribution in [3.63, 3.8) is 0 Å². The van der Waals surface area contributed by atoms with Crippen molar-refractivity contribution in [3.8, 4) is 0 Å². The van der Waals surface area contributed by atoms with Crippen LogP contribution < -0.4 is 5.32 Å². The van der Waals surface area contributed by atoms with Crippen molar-refractivity contribution in [1.29, 1.82) is 0 Å². The second-order valence-electron chi connectivity index (χ2n) is 5.35. The zero-order valence-corrected chi connectivity index (χ0v) is 12.2. The van der Waals surface area contributed by atoms with Crippen LogP contribution in [0.4, 0.5) is 5.82 Å². The van der Waals surface area contributed by atoms with E-state index in [-0.39, 0.29) is 5.41 Å². The molecular weight excluding hydrogens is 264 g/mol. The molecule has 2 rings (SSSR count). The lowest BCUT2D eigenvalue weighted by molar-refractivity contribution is 0.545. The maximum Gasteiger partial charge on any atom is 0.143 e. The van der Waals surface area contributed by atoms with Crippen molar-refractivity contribution in [2.24, 2.45) is 0 Å². The van der Waals surface area contributed by atoms with Crippen molar-refractivity contribution < 1.29 is 0 Å². The third-order valence-electron chi connectivity index (χ3n) is 2.65. The number of aromatic nitrogens is 5. The number of aromatic amines is 1. The maximum absolute atomic E-state index is 6.16. The van der Waals surface area contributed by atoms with Gasteiger partial charge in [0.25, 0.3) is 0 Å². The highest BCUT2D eigenvalue weighted by Gasteiger charge is 2.20. The first-order chi connectivity index (χ1) is 8.88. The molecular formula is C12H17ClN6. The van der Waals surface area contributed by atoms with Gasteiger partial charge in [0.2, 0.25) is 0 Å². The molecule has 102 valence electrons. The smallest absolute Gasteiger partial charge is 0.143 e. The molecule has 0 aliphatic rings. The van der Waals surface area contributed by atoms with E-state index in [9.17, 15) is 0 Å². The van der Waals surface area contributed by atoms with E-state index in [1.54, 1.807) is 0 Å². The monoisotopic (exact) mass is 280 g/mol. The molecule has 0 amide bonds. The summed E-state index contributed by atoms with van der Waals surface area (Å²) in [5.41, 5.74) is 0.675. The van der Waals surface area contributed by atoms with Crippen LogP contribution in [0.25, 0.3) is 0 Å². The number of nitrogens with zero attached hydrogens (tertiary/aromatic N) is 4. The van der Waals surface area contributed by atoms with Crippen molar-refractivity contribution >= 4 is 17.4 Å². The topological polar surface area (TPSA) is 79.4 Å². The quantitative estimate of drug-likeness (QED) is 0.844. The first-order valence-electron chi connectivity index (χ1n) is 6.00. The average Bonchev–Trinajstić information content (AvgIpc) is 2.82. The lowest BCUT2D eigenvalue weighted by Crippen LogP contribution is -2.18. The van der Waals surface area contributed by atoms with Crippen LogP contribution in [0.15, 0.2) is 6.33 Å². The van der Waals surface area contributed by atoms with E-state index in [0.717, 1.165) is 17.2 Å². The van der Waals surface area contributed by atoms with Gasteiger partial charge < -0.3 is 5.32 Å². The minimum absolute atomic E-state index is 0.153. The van der Waals surface area contributed by atoms with Crippen molar-refractivity contribution in [1.82, 2.24) is 25.1 Å². The SMILES string of the molecule is Cc1c(Cl)nc(C(C)(C)C)nc1NCc1ncn[nH]1. The minimum Gasteiger partial charge on any atom is -0.362 e. The van der Waals surface area contributed by atoms with Crippen LogP contribution in [-0.4, -0.2) is 25.1 Å². The van der Waals surface area contributed by atoms with Gasteiger partial charge in [-0.15, -0.1) is 0 Å². The van der Waals surface area contributed by atoms with Gasteiger partial charge in [0, 0.05) is 11.0 Å². The molecule has 0 radical (unpaired) electrons. The normalized spacial score (nSPS) is 11.6. The number of halogens is 1. The fraction of sp³-hybridized carbons (Fsp3) is 0.500. The number of rotatable bonds is 3. The van der Waals surface area contributed by atoms with Crippen molar-refractivity contribution in [3.05, 3.63) is 28.7 Å². The van der Waals surface area contributed by atoms with Crippen LogP contribution in [-0.2, 0) is 12.0 Å².